The Kier molecular flexibility index (Phi) is 7.37. The molecule has 0 aliphatic heterocycles. The number of aryl methyl sites for hydroxylation is 1. The van der Waals surface area contributed by atoms with E-state index < -0.39 is 16.1 Å². The van der Waals surface area contributed by atoms with Crippen LogP contribution in [0.1, 0.15) is 18.9 Å². The first-order valence-electron chi connectivity index (χ1n) is 10.1. The lowest BCUT2D eigenvalue weighted by Gasteiger charge is -2.18. The predicted octanol–water partition coefficient (Wildman–Crippen LogP) is 4.60. The zero-order valence-corrected chi connectivity index (χ0v) is 19.0. The maximum Gasteiger partial charge on any atom is 0.265 e. The second-order valence-electron chi connectivity index (χ2n) is 7.18. The van der Waals surface area contributed by atoms with Crippen molar-refractivity contribution < 1.29 is 22.7 Å². The average molecular weight is 455 g/mol. The Balaban J connectivity index is 1.65. The highest BCUT2D eigenvalue weighted by molar-refractivity contribution is 7.92. The number of benzene rings is 3. The Morgan fingerprint density at radius 2 is 1.59 bits per heavy atom. The van der Waals surface area contributed by atoms with Crippen LogP contribution in [0.4, 0.5) is 11.4 Å². The van der Waals surface area contributed by atoms with Crippen LogP contribution in [0.15, 0.2) is 77.7 Å². The lowest BCUT2D eigenvalue weighted by Crippen LogP contribution is -2.32. The predicted molar refractivity (Wildman–Crippen MR) is 125 cm³/mol. The molecule has 0 radical (unpaired) electrons. The van der Waals surface area contributed by atoms with Crippen LogP contribution in [0.5, 0.6) is 11.5 Å². The Morgan fingerprint density at radius 3 is 2.19 bits per heavy atom. The summed E-state index contributed by atoms with van der Waals surface area (Å²) in [5.74, 6) is 0.948. The van der Waals surface area contributed by atoms with Crippen molar-refractivity contribution in [2.75, 3.05) is 17.1 Å². The summed E-state index contributed by atoms with van der Waals surface area (Å²) >= 11 is 0. The van der Waals surface area contributed by atoms with Crippen LogP contribution in [0.2, 0.25) is 0 Å². The van der Waals surface area contributed by atoms with E-state index in [4.69, 9.17) is 9.47 Å². The van der Waals surface area contributed by atoms with E-state index >= 15 is 0 Å². The number of carbonyl (C=O) groups is 1. The summed E-state index contributed by atoms with van der Waals surface area (Å²) in [6.07, 6.45) is -0.185. The van der Waals surface area contributed by atoms with E-state index in [9.17, 15) is 13.2 Å². The van der Waals surface area contributed by atoms with Gasteiger partial charge in [-0.1, -0.05) is 19.1 Å². The number of methoxy groups -OCH3 is 1. The van der Waals surface area contributed by atoms with Crippen molar-refractivity contribution in [1.82, 2.24) is 0 Å². The van der Waals surface area contributed by atoms with E-state index in [0.29, 0.717) is 29.3 Å². The van der Waals surface area contributed by atoms with E-state index in [-0.39, 0.29) is 10.8 Å². The molecule has 1 atom stereocenters. The molecule has 0 aromatic heterocycles. The highest BCUT2D eigenvalue weighted by Gasteiger charge is 2.19. The summed E-state index contributed by atoms with van der Waals surface area (Å²) < 4.78 is 38.6. The first-order chi connectivity index (χ1) is 15.3. The summed E-state index contributed by atoms with van der Waals surface area (Å²) in [5.41, 5.74) is 1.93. The lowest BCUT2D eigenvalue weighted by atomic mass is 10.2. The van der Waals surface area contributed by atoms with Gasteiger partial charge in [-0.25, -0.2) is 8.42 Å². The second kappa shape index (κ2) is 10.2. The summed E-state index contributed by atoms with van der Waals surface area (Å²) in [6.45, 7) is 3.81. The summed E-state index contributed by atoms with van der Waals surface area (Å²) in [4.78, 5) is 12.7. The molecule has 3 aromatic rings. The molecule has 7 nitrogen and oxygen atoms in total. The molecule has 0 saturated carbocycles. The molecule has 1 unspecified atom stereocenters. The van der Waals surface area contributed by atoms with Gasteiger partial charge in [0.1, 0.15) is 11.5 Å². The van der Waals surface area contributed by atoms with Gasteiger partial charge in [-0.05, 0) is 79.6 Å². The van der Waals surface area contributed by atoms with E-state index in [2.05, 4.69) is 10.0 Å². The van der Waals surface area contributed by atoms with Crippen molar-refractivity contribution in [3.8, 4) is 11.5 Å². The van der Waals surface area contributed by atoms with E-state index in [1.807, 2.05) is 32.0 Å². The van der Waals surface area contributed by atoms with Crippen molar-refractivity contribution >= 4 is 27.3 Å². The fourth-order valence-electron chi connectivity index (χ4n) is 2.99. The van der Waals surface area contributed by atoms with Crippen molar-refractivity contribution in [3.63, 3.8) is 0 Å². The first-order valence-corrected chi connectivity index (χ1v) is 11.6. The monoisotopic (exact) mass is 454 g/mol. The molecule has 0 bridgehead atoms. The van der Waals surface area contributed by atoms with Gasteiger partial charge < -0.3 is 14.8 Å². The molecule has 3 aromatic carbocycles. The van der Waals surface area contributed by atoms with Gasteiger partial charge >= 0.3 is 0 Å². The summed E-state index contributed by atoms with van der Waals surface area (Å²) in [7, 11) is -2.23. The van der Waals surface area contributed by atoms with E-state index in [0.717, 1.165) is 5.56 Å². The molecule has 0 saturated heterocycles. The highest BCUT2D eigenvalue weighted by atomic mass is 32.2. The summed E-state index contributed by atoms with van der Waals surface area (Å²) in [6, 6.07) is 20.0. The molecule has 0 heterocycles. The van der Waals surface area contributed by atoms with Crippen LogP contribution in [0.3, 0.4) is 0 Å². The molecule has 0 spiro atoms. The quantitative estimate of drug-likeness (QED) is 0.493. The van der Waals surface area contributed by atoms with Crippen LogP contribution in [-0.2, 0) is 14.8 Å². The topological polar surface area (TPSA) is 93.7 Å². The second-order valence-corrected chi connectivity index (χ2v) is 8.86. The zero-order valence-electron chi connectivity index (χ0n) is 18.2. The van der Waals surface area contributed by atoms with Crippen molar-refractivity contribution in [1.29, 1.82) is 0 Å². The van der Waals surface area contributed by atoms with Gasteiger partial charge in [0.25, 0.3) is 15.9 Å². The van der Waals surface area contributed by atoms with Gasteiger partial charge in [0.15, 0.2) is 6.10 Å². The van der Waals surface area contributed by atoms with Crippen molar-refractivity contribution in [3.05, 3.63) is 78.4 Å². The Labute approximate surface area is 188 Å². The number of hydrogen-bond donors (Lipinski definition) is 2. The van der Waals surface area contributed by atoms with Crippen LogP contribution in [-0.4, -0.2) is 27.5 Å². The fraction of sp³-hybridized carbons (Fsp3) is 0.208. The van der Waals surface area contributed by atoms with Gasteiger partial charge in [-0.3, -0.25) is 9.52 Å². The number of anilines is 2. The number of ether oxygens (including phenoxy) is 2. The van der Waals surface area contributed by atoms with Gasteiger partial charge in [0.2, 0.25) is 0 Å². The van der Waals surface area contributed by atoms with Crippen molar-refractivity contribution in [2.45, 2.75) is 31.3 Å². The average Bonchev–Trinajstić information content (AvgIpc) is 2.78. The van der Waals surface area contributed by atoms with Crippen LogP contribution in [0.25, 0.3) is 0 Å². The molecule has 8 heteroatoms. The third-order valence-electron chi connectivity index (χ3n) is 4.71. The number of carbonyl (C=O) groups excluding carboxylic acids is 1. The number of nitrogens with one attached hydrogen (secondary N) is 2. The van der Waals surface area contributed by atoms with Crippen LogP contribution >= 0.6 is 0 Å². The number of hydrogen-bond acceptors (Lipinski definition) is 5. The molecule has 0 aliphatic carbocycles. The number of amides is 1. The molecular formula is C24H26N2O5S. The van der Waals surface area contributed by atoms with Crippen LogP contribution in [0, 0.1) is 6.92 Å². The summed E-state index contributed by atoms with van der Waals surface area (Å²) in [5, 5.41) is 2.78. The molecular weight excluding hydrogens is 428 g/mol. The minimum atomic E-state index is -3.77. The molecule has 1 amide bonds. The molecule has 0 aliphatic rings. The Morgan fingerprint density at radius 1 is 0.938 bits per heavy atom. The third kappa shape index (κ3) is 6.01. The molecule has 3 rings (SSSR count). The lowest BCUT2D eigenvalue weighted by molar-refractivity contribution is -0.122. The third-order valence-corrected chi connectivity index (χ3v) is 6.10. The van der Waals surface area contributed by atoms with Crippen molar-refractivity contribution in [2.24, 2.45) is 0 Å². The Bertz CT molecular complexity index is 1160. The molecule has 32 heavy (non-hydrogen) atoms. The minimum absolute atomic E-state index is 0.0781. The highest BCUT2D eigenvalue weighted by Crippen LogP contribution is 2.21. The van der Waals surface area contributed by atoms with Crippen LogP contribution < -0.4 is 19.5 Å². The van der Waals surface area contributed by atoms with Gasteiger partial charge in [0, 0.05) is 11.4 Å². The molecule has 2 N–H and O–H groups in total. The standard InChI is InChI=1S/C24H26N2O5S/c1-4-23(31-21-7-5-6-17(2)16-21)24(27)25-18-10-14-22(15-11-18)32(28,29)26-19-8-12-20(30-3)13-9-19/h5-16,23,26H,4H2,1-3H3,(H,25,27). The maximum absolute atomic E-state index is 12.6. The number of rotatable bonds is 9. The van der Waals surface area contributed by atoms with E-state index in [1.54, 1.807) is 42.5 Å². The van der Waals surface area contributed by atoms with Gasteiger partial charge in [-0.2, -0.15) is 0 Å². The minimum Gasteiger partial charge on any atom is -0.497 e. The zero-order chi connectivity index (χ0) is 23.1. The smallest absolute Gasteiger partial charge is 0.265 e. The number of sulfonamides is 1. The molecule has 0 fully saturated rings. The Hall–Kier alpha value is -3.52. The maximum atomic E-state index is 12.6. The first kappa shape index (κ1) is 23.1. The normalized spacial score (nSPS) is 12.0. The largest absolute Gasteiger partial charge is 0.497 e. The molecule has 168 valence electrons. The van der Waals surface area contributed by atoms with Gasteiger partial charge in [-0.15, -0.1) is 0 Å². The SMILES string of the molecule is CCC(Oc1cccc(C)c1)C(=O)Nc1ccc(S(=O)(=O)Nc2ccc(OC)cc2)cc1. The van der Waals surface area contributed by atoms with E-state index in [1.165, 1.54) is 19.2 Å². The fourth-order valence-corrected chi connectivity index (χ4v) is 4.05. The van der Waals surface area contributed by atoms with Gasteiger partial charge in [0.05, 0.1) is 12.0 Å².